The number of amides is 1. The molecule has 2 heterocycles. The van der Waals surface area contributed by atoms with E-state index in [-0.39, 0.29) is 5.91 Å². The van der Waals surface area contributed by atoms with Crippen LogP contribution in [0.15, 0.2) is 48.5 Å². The number of hydrogen-bond acceptors (Lipinski definition) is 3. The van der Waals surface area contributed by atoms with Gasteiger partial charge in [-0.15, -0.1) is 11.3 Å². The van der Waals surface area contributed by atoms with Crippen LogP contribution in [0.3, 0.4) is 0 Å². The summed E-state index contributed by atoms with van der Waals surface area (Å²) >= 11 is 7.61. The third kappa shape index (κ3) is 2.77. The smallest absolute Gasteiger partial charge is 0.270 e. The van der Waals surface area contributed by atoms with Gasteiger partial charge in [-0.3, -0.25) is 4.79 Å². The first kappa shape index (κ1) is 15.2. The number of aromatic amines is 1. The highest BCUT2D eigenvalue weighted by Crippen LogP contribution is 2.24. The van der Waals surface area contributed by atoms with Crippen molar-refractivity contribution in [2.75, 3.05) is 7.05 Å². The first-order chi connectivity index (χ1) is 11.6. The molecule has 0 aliphatic rings. The molecule has 0 bridgehead atoms. The second-order valence-electron chi connectivity index (χ2n) is 5.65. The number of H-pyrrole nitrogens is 1. The van der Waals surface area contributed by atoms with Gasteiger partial charge in [0.2, 0.25) is 0 Å². The number of thiazole rings is 1. The fourth-order valence-electron chi connectivity index (χ4n) is 2.69. The number of aromatic nitrogens is 2. The maximum absolute atomic E-state index is 12.7. The van der Waals surface area contributed by atoms with E-state index >= 15 is 0 Å². The second kappa shape index (κ2) is 5.92. The van der Waals surface area contributed by atoms with Gasteiger partial charge in [-0.25, -0.2) is 4.98 Å². The summed E-state index contributed by atoms with van der Waals surface area (Å²) in [5, 5.41) is 2.51. The molecule has 4 rings (SSSR count). The summed E-state index contributed by atoms with van der Waals surface area (Å²) < 4.78 is 1.13. The number of rotatable bonds is 3. The molecule has 120 valence electrons. The van der Waals surface area contributed by atoms with Gasteiger partial charge < -0.3 is 9.88 Å². The Bertz CT molecular complexity index is 1020. The van der Waals surface area contributed by atoms with Crippen LogP contribution in [0.5, 0.6) is 0 Å². The van der Waals surface area contributed by atoms with Crippen molar-refractivity contribution in [2.45, 2.75) is 6.54 Å². The van der Waals surface area contributed by atoms with Crippen LogP contribution in [-0.2, 0) is 6.54 Å². The van der Waals surface area contributed by atoms with E-state index < -0.39 is 0 Å². The SMILES string of the molecule is CN(Cc1nc2ccccc2s1)C(=O)c1cc2cc(Cl)ccc2[nH]1. The molecule has 1 amide bonds. The van der Waals surface area contributed by atoms with Crippen molar-refractivity contribution in [3.8, 4) is 0 Å². The van der Waals surface area contributed by atoms with E-state index in [9.17, 15) is 4.79 Å². The number of hydrogen-bond donors (Lipinski definition) is 1. The van der Waals surface area contributed by atoms with Crippen LogP contribution in [0.25, 0.3) is 21.1 Å². The van der Waals surface area contributed by atoms with Crippen molar-refractivity contribution < 1.29 is 4.79 Å². The summed E-state index contributed by atoms with van der Waals surface area (Å²) in [6.45, 7) is 0.480. The zero-order chi connectivity index (χ0) is 16.7. The number of benzene rings is 2. The Labute approximate surface area is 147 Å². The zero-order valence-electron chi connectivity index (χ0n) is 12.9. The maximum atomic E-state index is 12.7. The largest absolute Gasteiger partial charge is 0.351 e. The van der Waals surface area contributed by atoms with Crippen molar-refractivity contribution in [1.29, 1.82) is 0 Å². The molecule has 2 aromatic heterocycles. The molecule has 0 atom stereocenters. The molecule has 4 nitrogen and oxygen atoms in total. The summed E-state index contributed by atoms with van der Waals surface area (Å²) in [5.74, 6) is -0.0680. The number of carbonyl (C=O) groups is 1. The molecule has 0 aliphatic carbocycles. The number of carbonyl (C=O) groups excluding carboxylic acids is 1. The van der Waals surface area contributed by atoms with Crippen LogP contribution in [0, 0.1) is 0 Å². The van der Waals surface area contributed by atoms with Gasteiger partial charge in [0.15, 0.2) is 0 Å². The van der Waals surface area contributed by atoms with E-state index in [0.29, 0.717) is 17.3 Å². The predicted molar refractivity (Wildman–Crippen MR) is 98.7 cm³/mol. The summed E-state index contributed by atoms with van der Waals surface area (Å²) in [5.41, 5.74) is 2.42. The molecule has 1 N–H and O–H groups in total. The average Bonchev–Trinajstić information content (AvgIpc) is 3.16. The first-order valence-electron chi connectivity index (χ1n) is 7.48. The van der Waals surface area contributed by atoms with E-state index in [2.05, 4.69) is 9.97 Å². The lowest BCUT2D eigenvalue weighted by molar-refractivity contribution is 0.0780. The van der Waals surface area contributed by atoms with E-state index in [1.165, 1.54) is 0 Å². The average molecular weight is 356 g/mol. The van der Waals surface area contributed by atoms with Gasteiger partial charge in [0, 0.05) is 23.0 Å². The van der Waals surface area contributed by atoms with E-state index in [4.69, 9.17) is 11.6 Å². The Morgan fingerprint density at radius 1 is 1.25 bits per heavy atom. The predicted octanol–water partition coefficient (Wildman–Crippen LogP) is 4.70. The lowest BCUT2D eigenvalue weighted by Gasteiger charge is -2.14. The highest BCUT2D eigenvalue weighted by atomic mass is 35.5. The fourth-order valence-corrected chi connectivity index (χ4v) is 3.89. The molecule has 0 aliphatic heterocycles. The molecule has 2 aromatic carbocycles. The third-order valence-corrected chi connectivity index (χ3v) is 5.13. The topological polar surface area (TPSA) is 49.0 Å². The Hall–Kier alpha value is -2.37. The summed E-state index contributed by atoms with van der Waals surface area (Å²) in [7, 11) is 1.78. The molecular formula is C18H14ClN3OS. The van der Waals surface area contributed by atoms with Gasteiger partial charge >= 0.3 is 0 Å². The summed E-state index contributed by atoms with van der Waals surface area (Å²) in [6, 6.07) is 15.3. The molecule has 6 heteroatoms. The molecule has 0 saturated carbocycles. The quantitative estimate of drug-likeness (QED) is 0.579. The van der Waals surface area contributed by atoms with Crippen LogP contribution >= 0.6 is 22.9 Å². The maximum Gasteiger partial charge on any atom is 0.270 e. The molecule has 24 heavy (non-hydrogen) atoms. The number of para-hydroxylation sites is 1. The molecular weight excluding hydrogens is 342 g/mol. The Morgan fingerprint density at radius 3 is 2.92 bits per heavy atom. The highest BCUT2D eigenvalue weighted by molar-refractivity contribution is 7.18. The Morgan fingerprint density at radius 2 is 2.08 bits per heavy atom. The number of halogens is 1. The van der Waals surface area contributed by atoms with Crippen LogP contribution in [0.4, 0.5) is 0 Å². The van der Waals surface area contributed by atoms with Crippen molar-refractivity contribution >= 4 is 50.0 Å². The minimum atomic E-state index is -0.0680. The summed E-state index contributed by atoms with van der Waals surface area (Å²) in [6.07, 6.45) is 0. The normalized spacial score (nSPS) is 11.2. The van der Waals surface area contributed by atoms with Gasteiger partial charge in [0.1, 0.15) is 10.7 Å². The van der Waals surface area contributed by atoms with Gasteiger partial charge in [-0.1, -0.05) is 23.7 Å². The number of fused-ring (bicyclic) bond motifs is 2. The fraction of sp³-hybridized carbons (Fsp3) is 0.111. The zero-order valence-corrected chi connectivity index (χ0v) is 14.5. The van der Waals surface area contributed by atoms with Crippen LogP contribution in [0.1, 0.15) is 15.5 Å². The molecule has 0 fully saturated rings. The van der Waals surface area contributed by atoms with Crippen molar-refractivity contribution in [3.63, 3.8) is 0 Å². The molecule has 0 saturated heterocycles. The first-order valence-corrected chi connectivity index (χ1v) is 8.68. The van der Waals surface area contributed by atoms with Crippen LogP contribution < -0.4 is 0 Å². The van der Waals surface area contributed by atoms with Gasteiger partial charge in [-0.05, 0) is 36.4 Å². The standard InChI is InChI=1S/C18H14ClN3OS/c1-22(10-17-21-14-4-2-3-5-16(14)24-17)18(23)15-9-11-8-12(19)6-7-13(11)20-15/h2-9,20H,10H2,1H3. The Balaban J connectivity index is 1.58. The van der Waals surface area contributed by atoms with Crippen LogP contribution in [0.2, 0.25) is 5.02 Å². The van der Waals surface area contributed by atoms with Gasteiger partial charge in [0.05, 0.1) is 16.8 Å². The molecule has 0 spiro atoms. The van der Waals surface area contributed by atoms with Gasteiger partial charge in [-0.2, -0.15) is 0 Å². The number of nitrogens with one attached hydrogen (secondary N) is 1. The van der Waals surface area contributed by atoms with Crippen LogP contribution in [-0.4, -0.2) is 27.8 Å². The van der Waals surface area contributed by atoms with E-state index in [1.807, 2.05) is 42.5 Å². The third-order valence-electron chi connectivity index (χ3n) is 3.87. The second-order valence-corrected chi connectivity index (χ2v) is 7.20. The minimum absolute atomic E-state index is 0.0680. The lowest BCUT2D eigenvalue weighted by atomic mass is 10.2. The van der Waals surface area contributed by atoms with E-state index in [1.54, 1.807) is 29.4 Å². The molecule has 0 unspecified atom stereocenters. The minimum Gasteiger partial charge on any atom is -0.351 e. The number of nitrogens with zero attached hydrogens (tertiary/aromatic N) is 2. The Kier molecular flexibility index (Phi) is 3.75. The lowest BCUT2D eigenvalue weighted by Crippen LogP contribution is -2.26. The van der Waals surface area contributed by atoms with Crippen molar-refractivity contribution in [1.82, 2.24) is 14.9 Å². The monoisotopic (exact) mass is 355 g/mol. The van der Waals surface area contributed by atoms with E-state index in [0.717, 1.165) is 26.1 Å². The van der Waals surface area contributed by atoms with Gasteiger partial charge in [0.25, 0.3) is 5.91 Å². The van der Waals surface area contributed by atoms with Crippen molar-refractivity contribution in [3.05, 3.63) is 64.3 Å². The van der Waals surface area contributed by atoms with Crippen molar-refractivity contribution in [2.24, 2.45) is 0 Å². The summed E-state index contributed by atoms with van der Waals surface area (Å²) in [4.78, 5) is 22.1. The highest BCUT2D eigenvalue weighted by Gasteiger charge is 2.16. The molecule has 0 radical (unpaired) electrons. The molecule has 4 aromatic rings.